The second-order valence-electron chi connectivity index (χ2n) is 5.57. The first-order chi connectivity index (χ1) is 12.2. The minimum Gasteiger partial charge on any atom is -0.387 e. The molecule has 0 atom stereocenters. The van der Waals surface area contributed by atoms with Crippen molar-refractivity contribution in [2.75, 3.05) is 25.5 Å². The van der Waals surface area contributed by atoms with E-state index in [-0.39, 0.29) is 0 Å². The predicted octanol–water partition coefficient (Wildman–Crippen LogP) is 3.87. The van der Waals surface area contributed by atoms with Crippen molar-refractivity contribution in [2.45, 2.75) is 33.6 Å². The van der Waals surface area contributed by atoms with Crippen LogP contribution in [0.25, 0.3) is 5.70 Å². The number of rotatable bonds is 11. The first kappa shape index (κ1) is 20.5. The van der Waals surface area contributed by atoms with Gasteiger partial charge < -0.3 is 16.0 Å². The van der Waals surface area contributed by atoms with Gasteiger partial charge >= 0.3 is 0 Å². The van der Waals surface area contributed by atoms with Crippen LogP contribution >= 0.6 is 0 Å². The fourth-order valence-electron chi connectivity index (χ4n) is 2.13. The Balaban J connectivity index is 3.12. The Bertz CT molecular complexity index is 629. The first-order valence-corrected chi connectivity index (χ1v) is 8.79. The van der Waals surface area contributed by atoms with E-state index in [2.05, 4.69) is 45.5 Å². The maximum absolute atomic E-state index is 4.48. The predicted molar refractivity (Wildman–Crippen MR) is 110 cm³/mol. The second-order valence-corrected chi connectivity index (χ2v) is 5.57. The molecule has 0 aliphatic heterocycles. The molecule has 0 unspecified atom stereocenters. The summed E-state index contributed by atoms with van der Waals surface area (Å²) in [6, 6.07) is 2.09. The molecule has 0 aliphatic rings. The highest BCUT2D eigenvalue weighted by Gasteiger charge is 2.08. The van der Waals surface area contributed by atoms with E-state index in [9.17, 15) is 0 Å². The normalized spacial score (nSPS) is 12.3. The summed E-state index contributed by atoms with van der Waals surface area (Å²) in [5.41, 5.74) is 3.93. The third-order valence-electron chi connectivity index (χ3n) is 3.60. The van der Waals surface area contributed by atoms with Gasteiger partial charge in [0.25, 0.3) is 0 Å². The second kappa shape index (κ2) is 11.9. The minimum atomic E-state index is 0.742. The zero-order chi connectivity index (χ0) is 18.5. The molecule has 1 aromatic heterocycles. The zero-order valence-electron chi connectivity index (χ0n) is 15.9. The third kappa shape index (κ3) is 7.25. The van der Waals surface area contributed by atoms with Crippen molar-refractivity contribution >= 4 is 17.6 Å². The molecule has 0 amide bonds. The summed E-state index contributed by atoms with van der Waals surface area (Å²) in [7, 11) is 1.89. The zero-order valence-corrected chi connectivity index (χ0v) is 15.9. The summed E-state index contributed by atoms with van der Waals surface area (Å²) in [5, 5.41) is 10.0. The quantitative estimate of drug-likeness (QED) is 0.325. The van der Waals surface area contributed by atoms with Crippen molar-refractivity contribution in [1.29, 1.82) is 0 Å². The van der Waals surface area contributed by atoms with Gasteiger partial charge in [0.15, 0.2) is 0 Å². The smallest absolute Gasteiger partial charge is 0.0987 e. The number of aromatic nitrogens is 1. The molecule has 5 heteroatoms. The lowest BCUT2D eigenvalue weighted by atomic mass is 10.1. The lowest BCUT2D eigenvalue weighted by Crippen LogP contribution is -2.26. The van der Waals surface area contributed by atoms with Crippen LogP contribution in [-0.4, -0.2) is 31.3 Å². The molecule has 0 radical (unpaired) electrons. The monoisotopic (exact) mass is 341 g/mol. The average molecular weight is 342 g/mol. The highest BCUT2D eigenvalue weighted by molar-refractivity contribution is 5.85. The SMILES string of the molecule is C=CCCN=CC=C(N/C(=C/C)NCCC)c1cc(NC)cnc1C. The maximum atomic E-state index is 4.48. The van der Waals surface area contributed by atoms with Gasteiger partial charge in [0.05, 0.1) is 23.4 Å². The van der Waals surface area contributed by atoms with Crippen molar-refractivity contribution in [3.63, 3.8) is 0 Å². The molecule has 0 saturated heterocycles. The summed E-state index contributed by atoms with van der Waals surface area (Å²) >= 11 is 0. The van der Waals surface area contributed by atoms with Gasteiger partial charge in [-0.15, -0.1) is 6.58 Å². The van der Waals surface area contributed by atoms with Gasteiger partial charge in [-0.25, -0.2) is 0 Å². The summed E-state index contributed by atoms with van der Waals surface area (Å²) in [6.07, 6.45) is 11.5. The minimum absolute atomic E-state index is 0.742. The molecular formula is C20H31N5. The van der Waals surface area contributed by atoms with E-state index in [0.29, 0.717) is 0 Å². The fraction of sp³-hybridized carbons (Fsp3) is 0.400. The molecule has 136 valence electrons. The van der Waals surface area contributed by atoms with Gasteiger partial charge in [0, 0.05) is 37.6 Å². The van der Waals surface area contributed by atoms with Gasteiger partial charge in [-0.1, -0.05) is 13.0 Å². The summed E-state index contributed by atoms with van der Waals surface area (Å²) < 4.78 is 0. The number of hydrogen-bond donors (Lipinski definition) is 3. The Morgan fingerprint density at radius 3 is 2.84 bits per heavy atom. The average Bonchev–Trinajstić information content (AvgIpc) is 2.64. The van der Waals surface area contributed by atoms with Crippen LogP contribution in [0.1, 0.15) is 37.9 Å². The first-order valence-electron chi connectivity index (χ1n) is 8.79. The van der Waals surface area contributed by atoms with Crippen LogP contribution in [0.15, 0.2) is 47.9 Å². The summed E-state index contributed by atoms with van der Waals surface area (Å²) in [6.45, 7) is 11.5. The molecule has 0 spiro atoms. The van der Waals surface area contributed by atoms with Gasteiger partial charge in [-0.3, -0.25) is 9.98 Å². The molecule has 5 nitrogen and oxygen atoms in total. The van der Waals surface area contributed by atoms with Crippen LogP contribution < -0.4 is 16.0 Å². The van der Waals surface area contributed by atoms with E-state index >= 15 is 0 Å². The van der Waals surface area contributed by atoms with E-state index < -0.39 is 0 Å². The van der Waals surface area contributed by atoms with Crippen molar-refractivity contribution in [2.24, 2.45) is 4.99 Å². The van der Waals surface area contributed by atoms with Crippen LogP contribution in [0.3, 0.4) is 0 Å². The Hall–Kier alpha value is -2.56. The molecule has 1 aromatic rings. The van der Waals surface area contributed by atoms with Crippen LogP contribution in [0.4, 0.5) is 5.69 Å². The topological polar surface area (TPSA) is 61.3 Å². The summed E-state index contributed by atoms with van der Waals surface area (Å²) in [5.74, 6) is 0.974. The number of nitrogens with zero attached hydrogens (tertiary/aromatic N) is 2. The molecule has 1 heterocycles. The van der Waals surface area contributed by atoms with Crippen LogP contribution in [0.2, 0.25) is 0 Å². The number of aryl methyl sites for hydroxylation is 1. The van der Waals surface area contributed by atoms with Gasteiger partial charge in [0.2, 0.25) is 0 Å². The molecular weight excluding hydrogens is 310 g/mol. The van der Waals surface area contributed by atoms with Crippen molar-refractivity contribution < 1.29 is 0 Å². The number of anilines is 1. The molecule has 0 saturated carbocycles. The van der Waals surface area contributed by atoms with E-state index in [1.165, 1.54) is 0 Å². The maximum Gasteiger partial charge on any atom is 0.0987 e. The van der Waals surface area contributed by atoms with E-state index in [4.69, 9.17) is 0 Å². The standard InChI is InChI=1S/C20H31N5/c1-6-9-12-22-13-10-19(25-20(8-3)23-11-7-2)18-14-17(21-5)15-24-16(18)4/h6,8,10,13-15,21,23,25H,1,7,9,11-12H2,2-5H3/b19-10?,20-8+,22-13?. The van der Waals surface area contributed by atoms with Crippen LogP contribution in [0, 0.1) is 6.92 Å². The molecule has 1 rings (SSSR count). The summed E-state index contributed by atoms with van der Waals surface area (Å²) in [4.78, 5) is 8.89. The molecule has 25 heavy (non-hydrogen) atoms. The molecule has 3 N–H and O–H groups in total. The van der Waals surface area contributed by atoms with Crippen molar-refractivity contribution in [3.8, 4) is 0 Å². The lowest BCUT2D eigenvalue weighted by Gasteiger charge is -2.17. The number of allylic oxidation sites excluding steroid dienone is 2. The highest BCUT2D eigenvalue weighted by atomic mass is 15.1. The van der Waals surface area contributed by atoms with Gasteiger partial charge in [0.1, 0.15) is 0 Å². The Morgan fingerprint density at radius 2 is 2.20 bits per heavy atom. The van der Waals surface area contributed by atoms with E-state index in [0.717, 1.165) is 54.4 Å². The van der Waals surface area contributed by atoms with Crippen LogP contribution in [-0.2, 0) is 0 Å². The molecule has 0 fully saturated rings. The highest BCUT2D eigenvalue weighted by Crippen LogP contribution is 2.19. The van der Waals surface area contributed by atoms with Gasteiger partial charge in [-0.2, -0.15) is 0 Å². The number of pyridine rings is 1. The number of hydrogen-bond acceptors (Lipinski definition) is 5. The Kier molecular flexibility index (Phi) is 9.75. The molecule has 0 bridgehead atoms. The van der Waals surface area contributed by atoms with E-state index in [1.807, 2.05) is 51.5 Å². The molecule has 0 aromatic carbocycles. The number of aliphatic imine (C=N–C) groups is 1. The van der Waals surface area contributed by atoms with E-state index in [1.54, 1.807) is 0 Å². The molecule has 0 aliphatic carbocycles. The number of nitrogens with one attached hydrogen (secondary N) is 3. The van der Waals surface area contributed by atoms with Gasteiger partial charge in [-0.05, 0) is 44.9 Å². The largest absolute Gasteiger partial charge is 0.387 e. The lowest BCUT2D eigenvalue weighted by molar-refractivity contribution is 0.731. The van der Waals surface area contributed by atoms with Crippen LogP contribution in [0.5, 0.6) is 0 Å². The van der Waals surface area contributed by atoms with Crippen molar-refractivity contribution in [3.05, 3.63) is 54.1 Å². The fourth-order valence-corrected chi connectivity index (χ4v) is 2.13. The Labute approximate surface area is 152 Å². The third-order valence-corrected chi connectivity index (χ3v) is 3.60. The Morgan fingerprint density at radius 1 is 1.40 bits per heavy atom. The van der Waals surface area contributed by atoms with Crippen molar-refractivity contribution in [1.82, 2.24) is 15.6 Å².